The lowest BCUT2D eigenvalue weighted by atomic mass is 10.2. The van der Waals surface area contributed by atoms with Crippen molar-refractivity contribution in [2.75, 3.05) is 17.7 Å². The number of hydrogen-bond donors (Lipinski definition) is 2. The summed E-state index contributed by atoms with van der Waals surface area (Å²) in [6, 6.07) is 22.9. The predicted molar refractivity (Wildman–Crippen MR) is 120 cm³/mol. The van der Waals surface area contributed by atoms with Crippen LogP contribution in [0.5, 0.6) is 5.75 Å². The molecule has 0 aliphatic rings. The summed E-state index contributed by atoms with van der Waals surface area (Å²) < 4.78 is 7.18. The van der Waals surface area contributed by atoms with Crippen LogP contribution in [0.3, 0.4) is 0 Å². The van der Waals surface area contributed by atoms with Crippen LogP contribution in [0.25, 0.3) is 11.0 Å². The summed E-state index contributed by atoms with van der Waals surface area (Å²) in [6.07, 6.45) is 0. The molecule has 0 fully saturated rings. The first-order valence-electron chi connectivity index (χ1n) is 9.50. The van der Waals surface area contributed by atoms with E-state index in [1.807, 2.05) is 59.2 Å². The second-order valence-corrected chi connectivity index (χ2v) is 7.18. The van der Waals surface area contributed by atoms with E-state index in [1.165, 1.54) is 0 Å². The van der Waals surface area contributed by atoms with Gasteiger partial charge in [0.15, 0.2) is 0 Å². The summed E-state index contributed by atoms with van der Waals surface area (Å²) in [5, 5.41) is 6.75. The number of nitrogens with zero attached hydrogens (tertiary/aromatic N) is 2. The monoisotopic (exact) mass is 420 g/mol. The molecule has 30 heavy (non-hydrogen) atoms. The van der Waals surface area contributed by atoms with E-state index in [0.29, 0.717) is 29.0 Å². The van der Waals surface area contributed by atoms with E-state index in [9.17, 15) is 4.79 Å². The molecule has 152 valence electrons. The molecule has 4 aromatic rings. The number of carbonyl (C=O) groups excluding carboxylic acids is 1. The highest BCUT2D eigenvalue weighted by atomic mass is 35.5. The Balaban J connectivity index is 1.58. The van der Waals surface area contributed by atoms with Gasteiger partial charge in [0.25, 0.3) is 0 Å². The van der Waals surface area contributed by atoms with Gasteiger partial charge in [-0.15, -0.1) is 0 Å². The molecule has 6 nitrogen and oxygen atoms in total. The summed E-state index contributed by atoms with van der Waals surface area (Å²) in [4.78, 5) is 17.5. The third-order valence-electron chi connectivity index (χ3n) is 4.69. The number of amides is 1. The quantitative estimate of drug-likeness (QED) is 0.444. The van der Waals surface area contributed by atoms with Crippen molar-refractivity contribution in [1.29, 1.82) is 0 Å². The van der Waals surface area contributed by atoms with E-state index >= 15 is 0 Å². The van der Waals surface area contributed by atoms with Gasteiger partial charge in [0.1, 0.15) is 12.3 Å². The molecule has 0 bridgehead atoms. The van der Waals surface area contributed by atoms with Crippen molar-refractivity contribution < 1.29 is 9.53 Å². The third-order valence-corrected chi connectivity index (χ3v) is 4.92. The van der Waals surface area contributed by atoms with Crippen LogP contribution in [0.15, 0.2) is 72.8 Å². The molecular weight excluding hydrogens is 400 g/mol. The number of para-hydroxylation sites is 2. The molecule has 2 N–H and O–H groups in total. The molecule has 0 aliphatic heterocycles. The maximum absolute atomic E-state index is 12.8. The van der Waals surface area contributed by atoms with E-state index in [0.717, 1.165) is 16.6 Å². The Morgan fingerprint density at radius 1 is 1.07 bits per heavy atom. The van der Waals surface area contributed by atoms with Gasteiger partial charge in [-0.1, -0.05) is 54.1 Å². The van der Waals surface area contributed by atoms with Gasteiger partial charge in [0, 0.05) is 11.6 Å². The minimum Gasteiger partial charge on any atom is -0.495 e. The SMILES string of the molecule is COc1ccc(Cl)cc1NC(=O)Cn1c(NCc2ccccc2)nc2ccccc21. The molecular formula is C23H21ClN4O2. The molecule has 0 radical (unpaired) electrons. The van der Waals surface area contributed by atoms with Crippen LogP contribution in [0.2, 0.25) is 5.02 Å². The van der Waals surface area contributed by atoms with Gasteiger partial charge in [0.2, 0.25) is 11.9 Å². The Morgan fingerprint density at radius 2 is 1.83 bits per heavy atom. The highest BCUT2D eigenvalue weighted by Crippen LogP contribution is 2.28. The van der Waals surface area contributed by atoms with Crippen LogP contribution >= 0.6 is 11.6 Å². The molecule has 0 aliphatic carbocycles. The second-order valence-electron chi connectivity index (χ2n) is 6.74. The summed E-state index contributed by atoms with van der Waals surface area (Å²) in [5.41, 5.74) is 3.35. The number of ether oxygens (including phenoxy) is 1. The fourth-order valence-electron chi connectivity index (χ4n) is 3.26. The largest absolute Gasteiger partial charge is 0.495 e. The van der Waals surface area contributed by atoms with E-state index in [4.69, 9.17) is 16.3 Å². The molecule has 0 unspecified atom stereocenters. The summed E-state index contributed by atoms with van der Waals surface area (Å²) in [5.74, 6) is 0.973. The number of benzene rings is 3. The van der Waals surface area contributed by atoms with Crippen molar-refractivity contribution in [3.63, 3.8) is 0 Å². The molecule has 1 heterocycles. The molecule has 0 saturated carbocycles. The lowest BCUT2D eigenvalue weighted by Gasteiger charge is -2.13. The molecule has 7 heteroatoms. The van der Waals surface area contributed by atoms with Crippen molar-refractivity contribution in [3.8, 4) is 5.75 Å². The van der Waals surface area contributed by atoms with Crippen LogP contribution in [0.1, 0.15) is 5.56 Å². The molecule has 3 aromatic carbocycles. The normalized spacial score (nSPS) is 10.7. The fraction of sp³-hybridized carbons (Fsp3) is 0.130. The van der Waals surface area contributed by atoms with Crippen LogP contribution in [-0.4, -0.2) is 22.6 Å². The zero-order valence-corrected chi connectivity index (χ0v) is 17.2. The Morgan fingerprint density at radius 3 is 2.63 bits per heavy atom. The smallest absolute Gasteiger partial charge is 0.244 e. The number of anilines is 2. The van der Waals surface area contributed by atoms with E-state index in [-0.39, 0.29) is 12.5 Å². The first-order valence-corrected chi connectivity index (χ1v) is 9.88. The van der Waals surface area contributed by atoms with Gasteiger partial charge >= 0.3 is 0 Å². The standard InChI is InChI=1S/C23H21ClN4O2/c1-30-21-12-11-17(24)13-19(21)26-22(29)15-28-20-10-6-5-9-18(20)27-23(28)25-14-16-7-3-2-4-8-16/h2-13H,14-15H2,1H3,(H,25,27)(H,26,29). The summed E-state index contributed by atoms with van der Waals surface area (Å²) >= 11 is 6.07. The fourth-order valence-corrected chi connectivity index (χ4v) is 3.43. The van der Waals surface area contributed by atoms with Gasteiger partial charge in [-0.2, -0.15) is 0 Å². The highest BCUT2D eigenvalue weighted by molar-refractivity contribution is 6.31. The van der Waals surface area contributed by atoms with Crippen molar-refractivity contribution in [2.45, 2.75) is 13.1 Å². The van der Waals surface area contributed by atoms with Gasteiger partial charge in [-0.25, -0.2) is 4.98 Å². The molecule has 0 saturated heterocycles. The summed E-state index contributed by atoms with van der Waals surface area (Å²) in [6.45, 7) is 0.696. The third kappa shape index (κ3) is 4.39. The average molecular weight is 421 g/mol. The Hall–Kier alpha value is -3.51. The van der Waals surface area contributed by atoms with Crippen molar-refractivity contribution >= 4 is 40.2 Å². The van der Waals surface area contributed by atoms with E-state index in [2.05, 4.69) is 15.6 Å². The molecule has 4 rings (SSSR count). The second kappa shape index (κ2) is 8.88. The maximum atomic E-state index is 12.8. The Bertz CT molecular complexity index is 1170. The number of methoxy groups -OCH3 is 1. The minimum absolute atomic E-state index is 0.0906. The van der Waals surface area contributed by atoms with Crippen molar-refractivity contribution in [3.05, 3.63) is 83.4 Å². The first kappa shape index (κ1) is 19.8. The van der Waals surface area contributed by atoms with Gasteiger partial charge in [0.05, 0.1) is 23.8 Å². The van der Waals surface area contributed by atoms with Gasteiger partial charge < -0.3 is 19.9 Å². The Labute approximate surface area is 179 Å². The van der Waals surface area contributed by atoms with E-state index in [1.54, 1.807) is 25.3 Å². The maximum Gasteiger partial charge on any atom is 0.244 e. The number of imidazole rings is 1. The number of fused-ring (bicyclic) bond motifs is 1. The lowest BCUT2D eigenvalue weighted by molar-refractivity contribution is -0.116. The number of carbonyl (C=O) groups is 1. The number of halogens is 1. The lowest BCUT2D eigenvalue weighted by Crippen LogP contribution is -2.20. The van der Waals surface area contributed by atoms with Crippen LogP contribution in [-0.2, 0) is 17.9 Å². The number of aromatic nitrogens is 2. The number of nitrogens with one attached hydrogen (secondary N) is 2. The molecule has 0 spiro atoms. The van der Waals surface area contributed by atoms with Crippen molar-refractivity contribution in [1.82, 2.24) is 9.55 Å². The average Bonchev–Trinajstić information content (AvgIpc) is 3.10. The Kier molecular flexibility index (Phi) is 5.86. The predicted octanol–water partition coefficient (Wildman–Crippen LogP) is 4.95. The number of rotatable bonds is 7. The minimum atomic E-state index is -0.207. The zero-order valence-electron chi connectivity index (χ0n) is 16.4. The van der Waals surface area contributed by atoms with Crippen LogP contribution in [0, 0.1) is 0 Å². The topological polar surface area (TPSA) is 68.2 Å². The zero-order chi connectivity index (χ0) is 20.9. The summed E-state index contributed by atoms with van der Waals surface area (Å²) in [7, 11) is 1.55. The number of hydrogen-bond acceptors (Lipinski definition) is 4. The molecule has 1 aromatic heterocycles. The molecule has 1 amide bonds. The van der Waals surface area contributed by atoms with Gasteiger partial charge in [-0.05, 0) is 35.9 Å². The molecule has 0 atom stereocenters. The van der Waals surface area contributed by atoms with E-state index < -0.39 is 0 Å². The van der Waals surface area contributed by atoms with Gasteiger partial charge in [-0.3, -0.25) is 4.79 Å². The highest BCUT2D eigenvalue weighted by Gasteiger charge is 2.15. The first-order chi connectivity index (χ1) is 14.6. The van der Waals surface area contributed by atoms with Crippen molar-refractivity contribution in [2.24, 2.45) is 0 Å². The van der Waals surface area contributed by atoms with Crippen LogP contribution in [0.4, 0.5) is 11.6 Å². The van der Waals surface area contributed by atoms with Crippen LogP contribution < -0.4 is 15.4 Å².